The molecule has 0 saturated carbocycles. The molecule has 0 aliphatic heterocycles. The Bertz CT molecular complexity index is 790. The molecule has 6 heteroatoms. The quantitative estimate of drug-likeness (QED) is 0.449. The summed E-state index contributed by atoms with van der Waals surface area (Å²) in [6.45, 7) is 3.43. The van der Waals surface area contributed by atoms with Crippen LogP contribution in [0.5, 0.6) is 5.75 Å². The zero-order chi connectivity index (χ0) is 18.9. The molecule has 0 bridgehead atoms. The van der Waals surface area contributed by atoms with Crippen molar-refractivity contribution in [3.8, 4) is 5.75 Å². The molecule has 0 radical (unpaired) electrons. The van der Waals surface area contributed by atoms with Gasteiger partial charge in [-0.25, -0.2) is 4.79 Å². The Labute approximate surface area is 157 Å². The Hall–Kier alpha value is -2.73. The lowest BCUT2D eigenvalue weighted by molar-refractivity contribution is -0.148. The number of ether oxygens (including phenoxy) is 2. The number of nitrogens with one attached hydrogen (secondary N) is 1. The van der Waals surface area contributed by atoms with Crippen LogP contribution in [0.1, 0.15) is 12.5 Å². The third-order valence-electron chi connectivity index (χ3n) is 3.43. The summed E-state index contributed by atoms with van der Waals surface area (Å²) in [5, 5.41) is 4.35. The van der Waals surface area contributed by atoms with Crippen LogP contribution < -0.4 is 10.1 Å². The summed E-state index contributed by atoms with van der Waals surface area (Å²) in [7, 11) is 1.53. The Morgan fingerprint density at radius 3 is 2.58 bits per heavy atom. The first kappa shape index (κ1) is 19.6. The molecule has 2 aromatic rings. The fraction of sp³-hybridized carbons (Fsp3) is 0.200. The van der Waals surface area contributed by atoms with E-state index in [9.17, 15) is 9.59 Å². The first-order valence-electron chi connectivity index (χ1n) is 8.04. The normalized spacial score (nSPS) is 11.8. The molecule has 0 heterocycles. The predicted octanol–water partition coefficient (Wildman–Crippen LogP) is 4.18. The molecule has 0 aromatic heterocycles. The molecule has 0 spiro atoms. The zero-order valence-electron chi connectivity index (χ0n) is 14.9. The van der Waals surface area contributed by atoms with E-state index in [0.29, 0.717) is 11.4 Å². The molecule has 136 valence electrons. The van der Waals surface area contributed by atoms with Crippen molar-refractivity contribution in [1.29, 1.82) is 0 Å². The molecule has 0 aliphatic carbocycles. The summed E-state index contributed by atoms with van der Waals surface area (Å²) in [5.41, 5.74) is 1.52. The van der Waals surface area contributed by atoms with Gasteiger partial charge in [-0.15, -0.1) is 0 Å². The lowest BCUT2D eigenvalue weighted by Crippen LogP contribution is -2.29. The van der Waals surface area contributed by atoms with E-state index in [4.69, 9.17) is 9.47 Å². The number of carbonyl (C=O) groups is 2. The van der Waals surface area contributed by atoms with Crippen molar-refractivity contribution in [2.24, 2.45) is 0 Å². The second-order valence-electron chi connectivity index (χ2n) is 5.51. The van der Waals surface area contributed by atoms with E-state index in [1.807, 2.05) is 43.3 Å². The van der Waals surface area contributed by atoms with E-state index in [1.54, 1.807) is 17.5 Å². The number of benzene rings is 2. The van der Waals surface area contributed by atoms with Crippen LogP contribution >= 0.6 is 11.8 Å². The van der Waals surface area contributed by atoms with Crippen molar-refractivity contribution in [1.82, 2.24) is 0 Å². The Morgan fingerprint density at radius 2 is 1.88 bits per heavy atom. The number of carbonyl (C=O) groups excluding carboxylic acids is 2. The highest BCUT2D eigenvalue weighted by atomic mass is 32.2. The van der Waals surface area contributed by atoms with Crippen molar-refractivity contribution in [2.75, 3.05) is 12.4 Å². The third kappa shape index (κ3) is 5.97. The number of hydrogen-bond donors (Lipinski definition) is 1. The maximum atomic E-state index is 12.2. The van der Waals surface area contributed by atoms with E-state index >= 15 is 0 Å². The maximum Gasteiger partial charge on any atom is 0.332 e. The van der Waals surface area contributed by atoms with Gasteiger partial charge in [-0.1, -0.05) is 36.0 Å². The molecule has 0 unspecified atom stereocenters. The number of rotatable bonds is 7. The van der Waals surface area contributed by atoms with E-state index in [2.05, 4.69) is 5.32 Å². The minimum Gasteiger partial charge on any atom is -0.495 e. The van der Waals surface area contributed by atoms with Crippen LogP contribution in [-0.2, 0) is 14.3 Å². The molecule has 1 N–H and O–H groups in total. The van der Waals surface area contributed by atoms with Gasteiger partial charge in [-0.05, 0) is 49.1 Å². The largest absolute Gasteiger partial charge is 0.495 e. The smallest absolute Gasteiger partial charge is 0.332 e. The van der Waals surface area contributed by atoms with E-state index in [-0.39, 0.29) is 0 Å². The molecule has 1 atom stereocenters. The molecule has 2 aromatic carbocycles. The highest BCUT2D eigenvalue weighted by Gasteiger charge is 2.18. The number of anilines is 1. The van der Waals surface area contributed by atoms with Gasteiger partial charge in [0.1, 0.15) is 5.75 Å². The highest BCUT2D eigenvalue weighted by Crippen LogP contribution is 2.25. The summed E-state index contributed by atoms with van der Waals surface area (Å²) >= 11 is 1.39. The molecule has 26 heavy (non-hydrogen) atoms. The average molecular weight is 371 g/mol. The number of esters is 1. The molecule has 0 aliphatic rings. The van der Waals surface area contributed by atoms with Gasteiger partial charge >= 0.3 is 5.97 Å². The second kappa shape index (κ2) is 9.68. The van der Waals surface area contributed by atoms with Crippen LogP contribution in [-0.4, -0.2) is 25.1 Å². The standard InChI is InChI=1S/C20H21NO4S/c1-14-9-10-18(24-3)17(13-14)21-20(23)15(2)25-19(22)11-12-26-16-7-5-4-6-8-16/h4-13,15H,1-3H3,(H,21,23)/b12-11+/t15-/m0/s1. The van der Waals surface area contributed by atoms with Crippen LogP contribution in [0, 0.1) is 6.92 Å². The Morgan fingerprint density at radius 1 is 1.15 bits per heavy atom. The molecule has 0 fully saturated rings. The SMILES string of the molecule is COc1ccc(C)cc1NC(=O)[C@H](C)OC(=O)/C=C/Sc1ccccc1. The first-order chi connectivity index (χ1) is 12.5. The van der Waals surface area contributed by atoms with Crippen molar-refractivity contribution in [3.63, 3.8) is 0 Å². The topological polar surface area (TPSA) is 64.6 Å². The summed E-state index contributed by atoms with van der Waals surface area (Å²) in [5.74, 6) is -0.458. The molecule has 2 rings (SSSR count). The van der Waals surface area contributed by atoms with Crippen LogP contribution in [0.15, 0.2) is 64.9 Å². The summed E-state index contributed by atoms with van der Waals surface area (Å²) in [6, 6.07) is 15.1. The Balaban J connectivity index is 1.88. The van der Waals surface area contributed by atoms with Crippen LogP contribution in [0.25, 0.3) is 0 Å². The minimum atomic E-state index is -0.931. The van der Waals surface area contributed by atoms with Gasteiger partial charge in [0.05, 0.1) is 12.8 Å². The number of hydrogen-bond acceptors (Lipinski definition) is 5. The lowest BCUT2D eigenvalue weighted by Gasteiger charge is -2.15. The van der Waals surface area contributed by atoms with Gasteiger partial charge in [0.15, 0.2) is 6.10 Å². The van der Waals surface area contributed by atoms with Crippen molar-refractivity contribution in [3.05, 3.63) is 65.6 Å². The summed E-state index contributed by atoms with van der Waals surface area (Å²) in [6.07, 6.45) is 0.369. The lowest BCUT2D eigenvalue weighted by atomic mass is 10.2. The molecular formula is C20H21NO4S. The summed E-state index contributed by atoms with van der Waals surface area (Å²) in [4.78, 5) is 25.1. The van der Waals surface area contributed by atoms with Gasteiger partial charge in [-0.2, -0.15) is 0 Å². The van der Waals surface area contributed by atoms with Crippen LogP contribution in [0.3, 0.4) is 0 Å². The van der Waals surface area contributed by atoms with Crippen molar-refractivity contribution in [2.45, 2.75) is 24.8 Å². The third-order valence-corrected chi connectivity index (χ3v) is 4.24. The van der Waals surface area contributed by atoms with Crippen molar-refractivity contribution >= 4 is 29.3 Å². The van der Waals surface area contributed by atoms with Crippen LogP contribution in [0.2, 0.25) is 0 Å². The molecular weight excluding hydrogens is 350 g/mol. The molecule has 5 nitrogen and oxygen atoms in total. The number of thioether (sulfide) groups is 1. The zero-order valence-corrected chi connectivity index (χ0v) is 15.7. The van der Waals surface area contributed by atoms with Gasteiger partial charge in [0.2, 0.25) is 0 Å². The number of amides is 1. The fourth-order valence-electron chi connectivity index (χ4n) is 2.09. The monoisotopic (exact) mass is 371 g/mol. The van der Waals surface area contributed by atoms with Gasteiger partial charge < -0.3 is 14.8 Å². The van der Waals surface area contributed by atoms with Gasteiger partial charge in [-0.3, -0.25) is 4.79 Å². The minimum absolute atomic E-state index is 0.425. The molecule has 1 amide bonds. The average Bonchev–Trinajstić information content (AvgIpc) is 2.62. The van der Waals surface area contributed by atoms with E-state index in [1.165, 1.54) is 31.9 Å². The fourth-order valence-corrected chi connectivity index (χ4v) is 2.74. The summed E-state index contributed by atoms with van der Waals surface area (Å²) < 4.78 is 10.4. The van der Waals surface area contributed by atoms with Crippen LogP contribution in [0.4, 0.5) is 5.69 Å². The number of aryl methyl sites for hydroxylation is 1. The second-order valence-corrected chi connectivity index (χ2v) is 6.49. The highest BCUT2D eigenvalue weighted by molar-refractivity contribution is 8.02. The van der Waals surface area contributed by atoms with E-state index < -0.39 is 18.0 Å². The first-order valence-corrected chi connectivity index (χ1v) is 8.92. The van der Waals surface area contributed by atoms with Gasteiger partial charge in [0.25, 0.3) is 5.91 Å². The van der Waals surface area contributed by atoms with Gasteiger partial charge in [0, 0.05) is 11.0 Å². The maximum absolute atomic E-state index is 12.2. The Kier molecular flexibility index (Phi) is 7.29. The van der Waals surface area contributed by atoms with Crippen molar-refractivity contribution < 1.29 is 19.1 Å². The number of methoxy groups -OCH3 is 1. The predicted molar refractivity (Wildman–Crippen MR) is 103 cm³/mol. The van der Waals surface area contributed by atoms with E-state index in [0.717, 1.165) is 10.5 Å². The molecule has 0 saturated heterocycles.